The minimum atomic E-state index is -0.751. The average molecular weight is 586 g/mol. The molecule has 1 spiro atoms. The van der Waals surface area contributed by atoms with Gasteiger partial charge in [0, 0.05) is 23.2 Å². The minimum absolute atomic E-state index is 0.00654. The second-order valence-electron chi connectivity index (χ2n) is 10.2. The van der Waals surface area contributed by atoms with Crippen LogP contribution in [0.2, 0.25) is 0 Å². The highest BCUT2D eigenvalue weighted by molar-refractivity contribution is 9.09. The zero-order chi connectivity index (χ0) is 26.6. The summed E-state index contributed by atoms with van der Waals surface area (Å²) >= 11 is 5.37. The molecular formula is C27H41BrN2O5S. The van der Waals surface area contributed by atoms with Gasteiger partial charge < -0.3 is 19.6 Å². The number of amides is 2. The number of thioether (sulfide) groups is 1. The fourth-order valence-corrected chi connectivity index (χ4v) is 9.68. The molecule has 3 fully saturated rings. The number of hydrogen-bond acceptors (Lipinski definition) is 6. The number of ether oxygens (including phenoxy) is 1. The SMILES string of the molecule is C=CCCOC(=O)[C@H]1[C@H]2C(=O)N([C@@H](CO)[C@@H](C)CC)C(C(=O)N(CC=C)CCCC)C23CC(Br)[C@@H]1S3. The van der Waals surface area contributed by atoms with Crippen LogP contribution in [-0.4, -0.2) is 85.9 Å². The molecule has 8 atom stereocenters. The smallest absolute Gasteiger partial charge is 0.310 e. The molecule has 0 aromatic rings. The lowest BCUT2D eigenvalue weighted by atomic mass is 9.71. The lowest BCUT2D eigenvalue weighted by molar-refractivity contribution is -0.154. The van der Waals surface area contributed by atoms with Crippen molar-refractivity contribution in [3.8, 4) is 0 Å². The summed E-state index contributed by atoms with van der Waals surface area (Å²) in [5, 5.41) is 10.3. The molecule has 36 heavy (non-hydrogen) atoms. The van der Waals surface area contributed by atoms with Gasteiger partial charge in [-0.3, -0.25) is 14.4 Å². The van der Waals surface area contributed by atoms with Crippen LogP contribution in [0.3, 0.4) is 0 Å². The zero-order valence-electron chi connectivity index (χ0n) is 21.7. The number of fused-ring (bicyclic) bond motifs is 1. The molecule has 7 nitrogen and oxygen atoms in total. The molecule has 3 unspecified atom stereocenters. The van der Waals surface area contributed by atoms with Gasteiger partial charge in [0.1, 0.15) is 6.04 Å². The van der Waals surface area contributed by atoms with Gasteiger partial charge in [0.25, 0.3) is 0 Å². The number of unbranched alkanes of at least 4 members (excludes halogenated alkanes) is 1. The molecule has 2 bridgehead atoms. The third-order valence-electron chi connectivity index (χ3n) is 8.09. The first kappa shape index (κ1) is 29.2. The normalized spacial score (nSPS) is 32.2. The van der Waals surface area contributed by atoms with E-state index in [1.807, 2.05) is 13.8 Å². The number of aliphatic hydroxyl groups excluding tert-OH is 1. The number of aliphatic hydroxyl groups is 1. The summed E-state index contributed by atoms with van der Waals surface area (Å²) in [4.78, 5) is 45.3. The third-order valence-corrected chi connectivity index (χ3v) is 11.3. The van der Waals surface area contributed by atoms with Crippen molar-refractivity contribution in [2.24, 2.45) is 17.8 Å². The van der Waals surface area contributed by atoms with Gasteiger partial charge in [0.15, 0.2) is 0 Å². The maximum absolute atomic E-state index is 14.3. The van der Waals surface area contributed by atoms with E-state index in [-0.39, 0.29) is 47.0 Å². The summed E-state index contributed by atoms with van der Waals surface area (Å²) in [6, 6.07) is -1.25. The Morgan fingerprint density at radius 1 is 1.36 bits per heavy atom. The van der Waals surface area contributed by atoms with Crippen molar-refractivity contribution in [1.82, 2.24) is 9.80 Å². The van der Waals surface area contributed by atoms with Gasteiger partial charge in [-0.05, 0) is 25.2 Å². The first-order valence-electron chi connectivity index (χ1n) is 13.2. The van der Waals surface area contributed by atoms with Crippen LogP contribution in [0.15, 0.2) is 25.3 Å². The Bertz CT molecular complexity index is 856. The van der Waals surface area contributed by atoms with Crippen LogP contribution in [-0.2, 0) is 19.1 Å². The molecule has 3 rings (SSSR count). The van der Waals surface area contributed by atoms with Crippen molar-refractivity contribution in [3.05, 3.63) is 25.3 Å². The van der Waals surface area contributed by atoms with Gasteiger partial charge in [0.05, 0.1) is 35.8 Å². The van der Waals surface area contributed by atoms with Gasteiger partial charge in [-0.15, -0.1) is 24.9 Å². The predicted molar refractivity (Wildman–Crippen MR) is 147 cm³/mol. The second kappa shape index (κ2) is 12.5. The van der Waals surface area contributed by atoms with E-state index in [0.717, 1.165) is 19.3 Å². The van der Waals surface area contributed by atoms with Crippen molar-refractivity contribution >= 4 is 45.5 Å². The summed E-state index contributed by atoms with van der Waals surface area (Å²) < 4.78 is 4.82. The largest absolute Gasteiger partial charge is 0.465 e. The first-order valence-corrected chi connectivity index (χ1v) is 15.0. The summed E-state index contributed by atoms with van der Waals surface area (Å²) in [6.07, 6.45) is 7.10. The van der Waals surface area contributed by atoms with Crippen molar-refractivity contribution < 1.29 is 24.2 Å². The molecule has 3 aliphatic rings. The van der Waals surface area contributed by atoms with Crippen LogP contribution < -0.4 is 0 Å². The van der Waals surface area contributed by atoms with Gasteiger partial charge in [0.2, 0.25) is 11.8 Å². The van der Waals surface area contributed by atoms with Crippen molar-refractivity contribution in [3.63, 3.8) is 0 Å². The van der Waals surface area contributed by atoms with E-state index >= 15 is 0 Å². The maximum Gasteiger partial charge on any atom is 0.310 e. The second-order valence-corrected chi connectivity index (χ2v) is 12.9. The topological polar surface area (TPSA) is 87.1 Å². The highest BCUT2D eigenvalue weighted by Gasteiger charge is 2.76. The Morgan fingerprint density at radius 2 is 2.08 bits per heavy atom. The number of alkyl halides is 1. The lowest BCUT2D eigenvalue weighted by Gasteiger charge is -2.41. The monoisotopic (exact) mass is 584 g/mol. The van der Waals surface area contributed by atoms with Crippen molar-refractivity contribution in [1.29, 1.82) is 0 Å². The maximum atomic E-state index is 14.3. The third kappa shape index (κ3) is 5.04. The number of esters is 1. The Labute approximate surface area is 228 Å². The van der Waals surface area contributed by atoms with Gasteiger partial charge in [-0.2, -0.15) is 0 Å². The molecule has 0 radical (unpaired) electrons. The van der Waals surface area contributed by atoms with Crippen LogP contribution in [0.1, 0.15) is 52.9 Å². The first-order chi connectivity index (χ1) is 17.2. The highest BCUT2D eigenvalue weighted by atomic mass is 79.9. The molecule has 0 aliphatic carbocycles. The average Bonchev–Trinajstić information content (AvgIpc) is 3.45. The van der Waals surface area contributed by atoms with Gasteiger partial charge in [-0.25, -0.2) is 0 Å². The van der Waals surface area contributed by atoms with E-state index in [0.29, 0.717) is 25.9 Å². The Hall–Kier alpha value is -1.32. The fourth-order valence-electron chi connectivity index (χ4n) is 6.10. The highest BCUT2D eigenvalue weighted by Crippen LogP contribution is 2.68. The quantitative estimate of drug-likeness (QED) is 0.145. The number of carbonyl (C=O) groups is 3. The molecule has 3 heterocycles. The Kier molecular flexibility index (Phi) is 10.1. The summed E-state index contributed by atoms with van der Waals surface area (Å²) in [7, 11) is 0. The fraction of sp³-hybridized carbons (Fsp3) is 0.741. The van der Waals surface area contributed by atoms with Crippen LogP contribution in [0.25, 0.3) is 0 Å². The van der Waals surface area contributed by atoms with Crippen molar-refractivity contribution in [2.45, 2.75) is 79.8 Å². The number of nitrogens with zero attached hydrogens (tertiary/aromatic N) is 2. The standard InChI is InChI=1S/C27H41BrN2O5S/c1-6-10-13-29(12-8-3)25(33)23-27-15-18(28)22(36-27)20(26(34)35-14-11-7-2)21(27)24(32)30(23)19(16-31)17(5)9-4/h7-8,17-23,31H,2-3,6,9-16H2,1,4-5H3/t17-,18?,19-,20-,21-,22-,23?,27?/m0/s1. The number of carbonyl (C=O) groups excluding carboxylic acids is 3. The van der Waals surface area contributed by atoms with E-state index in [1.54, 1.807) is 33.7 Å². The molecule has 0 aromatic carbocycles. The van der Waals surface area contributed by atoms with Crippen LogP contribution >= 0.6 is 27.7 Å². The van der Waals surface area contributed by atoms with Crippen LogP contribution in [0.5, 0.6) is 0 Å². The van der Waals surface area contributed by atoms with Gasteiger partial charge >= 0.3 is 5.97 Å². The van der Waals surface area contributed by atoms with E-state index in [4.69, 9.17) is 4.74 Å². The molecule has 3 aliphatic heterocycles. The molecule has 3 saturated heterocycles. The minimum Gasteiger partial charge on any atom is -0.465 e. The summed E-state index contributed by atoms with van der Waals surface area (Å²) in [5.74, 6) is -2.00. The number of halogens is 1. The number of likely N-dealkylation sites (tertiary alicyclic amines) is 1. The van der Waals surface area contributed by atoms with E-state index in [1.165, 1.54) is 0 Å². The molecule has 2 amide bonds. The number of hydrogen-bond donors (Lipinski definition) is 1. The van der Waals surface area contributed by atoms with Crippen LogP contribution in [0, 0.1) is 17.8 Å². The molecule has 202 valence electrons. The molecule has 9 heteroatoms. The molecular weight excluding hydrogens is 544 g/mol. The Morgan fingerprint density at radius 3 is 2.67 bits per heavy atom. The number of rotatable bonds is 14. The Balaban J connectivity index is 2.08. The summed E-state index contributed by atoms with van der Waals surface area (Å²) in [6.45, 7) is 14.6. The lowest BCUT2D eigenvalue weighted by Crippen LogP contribution is -2.59. The zero-order valence-corrected chi connectivity index (χ0v) is 24.1. The van der Waals surface area contributed by atoms with Gasteiger partial charge in [-0.1, -0.05) is 61.7 Å². The molecule has 1 N–H and O–H groups in total. The van der Waals surface area contributed by atoms with Crippen LogP contribution in [0.4, 0.5) is 0 Å². The summed E-state index contributed by atoms with van der Waals surface area (Å²) in [5.41, 5.74) is 0. The molecule has 0 aromatic heterocycles. The predicted octanol–water partition coefficient (Wildman–Crippen LogP) is 3.79. The van der Waals surface area contributed by atoms with E-state index in [9.17, 15) is 19.5 Å². The molecule has 0 saturated carbocycles. The van der Waals surface area contributed by atoms with E-state index in [2.05, 4.69) is 36.0 Å². The van der Waals surface area contributed by atoms with E-state index < -0.39 is 28.7 Å². The van der Waals surface area contributed by atoms with Crippen molar-refractivity contribution in [2.75, 3.05) is 26.3 Å².